The van der Waals surface area contributed by atoms with Gasteiger partial charge in [-0.05, 0) is 23.7 Å². The molecule has 0 atom stereocenters. The maximum Gasteiger partial charge on any atom is 0.184 e. The number of thiocarbonyl (C=S) groups is 1. The quantitative estimate of drug-likeness (QED) is 0.444. The van der Waals surface area contributed by atoms with E-state index in [9.17, 15) is 0 Å². The average Bonchev–Trinajstić information content (AvgIpc) is 2.56. The summed E-state index contributed by atoms with van der Waals surface area (Å²) < 4.78 is 0. The molecule has 3 rings (SSSR count). The van der Waals surface area contributed by atoms with E-state index in [-0.39, 0.29) is 5.11 Å². The van der Waals surface area contributed by atoms with Gasteiger partial charge in [0.1, 0.15) is 5.71 Å². The summed E-state index contributed by atoms with van der Waals surface area (Å²) in [5.74, 6) is 0. The molecule has 1 heterocycles. The minimum absolute atomic E-state index is 0.119. The van der Waals surface area contributed by atoms with Crippen LogP contribution in [0, 0.1) is 0 Å². The van der Waals surface area contributed by atoms with Crippen molar-refractivity contribution in [3.8, 4) is 0 Å². The summed E-state index contributed by atoms with van der Waals surface area (Å²) in [6, 6.07) is 19.8. The first-order valence-corrected chi connectivity index (χ1v) is 7.19. The van der Waals surface area contributed by atoms with E-state index >= 15 is 0 Å². The van der Waals surface area contributed by atoms with Crippen LogP contribution in [0.2, 0.25) is 0 Å². The van der Waals surface area contributed by atoms with Crippen LogP contribution in [0.15, 0.2) is 72.0 Å². The summed E-state index contributed by atoms with van der Waals surface area (Å²) in [6.45, 7) is 0. The van der Waals surface area contributed by atoms with Gasteiger partial charge < -0.3 is 5.73 Å². The highest BCUT2D eigenvalue weighted by Crippen LogP contribution is 2.19. The largest absolute Gasteiger partial charge is 0.375 e. The Morgan fingerprint density at radius 3 is 2.50 bits per heavy atom. The Bertz CT molecular complexity index is 838. The van der Waals surface area contributed by atoms with Crippen molar-refractivity contribution in [2.45, 2.75) is 0 Å². The van der Waals surface area contributed by atoms with E-state index in [0.717, 1.165) is 22.0 Å². The number of fused-ring (bicyclic) bond motifs is 1. The van der Waals surface area contributed by atoms with E-state index in [4.69, 9.17) is 18.0 Å². The standard InChI is InChI=1S/C17H14N4S/c18-17(22)21-20-15(13-7-2-1-3-8-13)16-14-9-5-4-6-12(14)10-11-19-16/h1-11H,(H3,18,21,22)/b20-15-. The first-order valence-electron chi connectivity index (χ1n) is 6.78. The van der Waals surface area contributed by atoms with Crippen molar-refractivity contribution < 1.29 is 0 Å². The van der Waals surface area contributed by atoms with Gasteiger partial charge in [-0.3, -0.25) is 10.4 Å². The van der Waals surface area contributed by atoms with Gasteiger partial charge in [0, 0.05) is 17.1 Å². The second-order valence-electron chi connectivity index (χ2n) is 4.68. The number of benzene rings is 2. The average molecular weight is 306 g/mol. The van der Waals surface area contributed by atoms with Crippen LogP contribution in [-0.2, 0) is 0 Å². The number of nitrogens with two attached hydrogens (primary N) is 1. The van der Waals surface area contributed by atoms with E-state index in [2.05, 4.69) is 15.5 Å². The first kappa shape index (κ1) is 14.2. The Balaban J connectivity index is 2.20. The topological polar surface area (TPSA) is 63.3 Å². The van der Waals surface area contributed by atoms with E-state index in [1.165, 1.54) is 0 Å². The van der Waals surface area contributed by atoms with Gasteiger partial charge in [0.15, 0.2) is 5.11 Å². The van der Waals surface area contributed by atoms with Crippen LogP contribution in [0.4, 0.5) is 0 Å². The zero-order chi connectivity index (χ0) is 15.4. The Kier molecular flexibility index (Phi) is 4.07. The summed E-state index contributed by atoms with van der Waals surface area (Å²) in [6.07, 6.45) is 1.77. The molecule has 0 fully saturated rings. The molecular formula is C17H14N4S. The molecule has 0 saturated heterocycles. The fourth-order valence-corrected chi connectivity index (χ4v) is 2.32. The fraction of sp³-hybridized carbons (Fsp3) is 0. The van der Waals surface area contributed by atoms with E-state index in [1.807, 2.05) is 60.7 Å². The lowest BCUT2D eigenvalue weighted by molar-refractivity contribution is 1.03. The number of hydrazone groups is 1. The summed E-state index contributed by atoms with van der Waals surface area (Å²) in [4.78, 5) is 4.51. The van der Waals surface area contributed by atoms with Gasteiger partial charge in [-0.25, -0.2) is 0 Å². The number of hydrogen-bond acceptors (Lipinski definition) is 3. The van der Waals surface area contributed by atoms with Gasteiger partial charge in [0.25, 0.3) is 0 Å². The Labute approximate surface area is 133 Å². The number of nitrogens with zero attached hydrogens (tertiary/aromatic N) is 2. The number of nitrogens with one attached hydrogen (secondary N) is 1. The fourth-order valence-electron chi connectivity index (χ4n) is 2.27. The zero-order valence-electron chi connectivity index (χ0n) is 11.7. The van der Waals surface area contributed by atoms with Crippen LogP contribution in [0.1, 0.15) is 11.3 Å². The van der Waals surface area contributed by atoms with Crippen molar-refractivity contribution in [3.63, 3.8) is 0 Å². The van der Waals surface area contributed by atoms with Gasteiger partial charge >= 0.3 is 0 Å². The molecule has 22 heavy (non-hydrogen) atoms. The smallest absolute Gasteiger partial charge is 0.184 e. The molecule has 0 amide bonds. The molecule has 3 N–H and O–H groups in total. The zero-order valence-corrected chi connectivity index (χ0v) is 12.5. The molecule has 3 aromatic rings. The second-order valence-corrected chi connectivity index (χ2v) is 5.12. The maximum absolute atomic E-state index is 5.50. The summed E-state index contributed by atoms with van der Waals surface area (Å²) >= 11 is 4.85. The van der Waals surface area contributed by atoms with Gasteiger partial charge in [-0.15, -0.1) is 0 Å². The molecular weight excluding hydrogens is 292 g/mol. The minimum atomic E-state index is 0.119. The predicted octanol–water partition coefficient (Wildman–Crippen LogP) is 2.82. The number of rotatable bonds is 3. The van der Waals surface area contributed by atoms with Crippen molar-refractivity contribution in [2.75, 3.05) is 0 Å². The van der Waals surface area contributed by atoms with Crippen molar-refractivity contribution in [1.29, 1.82) is 0 Å². The Morgan fingerprint density at radius 1 is 1.00 bits per heavy atom. The van der Waals surface area contributed by atoms with Crippen molar-refractivity contribution in [2.24, 2.45) is 10.8 Å². The van der Waals surface area contributed by atoms with Crippen LogP contribution in [0.25, 0.3) is 10.8 Å². The predicted molar refractivity (Wildman–Crippen MR) is 93.7 cm³/mol. The van der Waals surface area contributed by atoms with Gasteiger partial charge in [-0.1, -0.05) is 54.6 Å². The van der Waals surface area contributed by atoms with E-state index < -0.39 is 0 Å². The van der Waals surface area contributed by atoms with Gasteiger partial charge in [0.05, 0.1) is 5.69 Å². The molecule has 2 aromatic carbocycles. The Morgan fingerprint density at radius 2 is 1.73 bits per heavy atom. The lowest BCUT2D eigenvalue weighted by Gasteiger charge is -2.09. The van der Waals surface area contributed by atoms with Crippen molar-refractivity contribution in [1.82, 2.24) is 10.4 Å². The highest BCUT2D eigenvalue weighted by molar-refractivity contribution is 7.80. The van der Waals surface area contributed by atoms with E-state index in [0.29, 0.717) is 5.71 Å². The van der Waals surface area contributed by atoms with Gasteiger partial charge in [0.2, 0.25) is 0 Å². The highest BCUT2D eigenvalue weighted by atomic mass is 32.1. The molecule has 4 nitrogen and oxygen atoms in total. The van der Waals surface area contributed by atoms with Crippen molar-refractivity contribution in [3.05, 3.63) is 78.1 Å². The summed E-state index contributed by atoms with van der Waals surface area (Å²) in [7, 11) is 0. The monoisotopic (exact) mass is 306 g/mol. The van der Waals surface area contributed by atoms with Crippen LogP contribution in [-0.4, -0.2) is 15.8 Å². The maximum atomic E-state index is 5.50. The molecule has 0 saturated carbocycles. The first-order chi connectivity index (χ1) is 10.8. The highest BCUT2D eigenvalue weighted by Gasteiger charge is 2.12. The molecule has 0 spiro atoms. The third-order valence-electron chi connectivity index (χ3n) is 3.22. The van der Waals surface area contributed by atoms with Gasteiger partial charge in [-0.2, -0.15) is 5.10 Å². The Hall–Kier alpha value is -2.79. The summed E-state index contributed by atoms with van der Waals surface area (Å²) in [5.41, 5.74) is 10.6. The van der Waals surface area contributed by atoms with Crippen molar-refractivity contribution >= 4 is 33.8 Å². The summed E-state index contributed by atoms with van der Waals surface area (Å²) in [5, 5.41) is 6.60. The number of aromatic nitrogens is 1. The molecule has 0 aliphatic heterocycles. The lowest BCUT2D eigenvalue weighted by atomic mass is 10.0. The normalized spacial score (nSPS) is 11.4. The molecule has 5 heteroatoms. The molecule has 0 aliphatic rings. The lowest BCUT2D eigenvalue weighted by Crippen LogP contribution is -2.26. The van der Waals surface area contributed by atoms with Crippen LogP contribution in [0.5, 0.6) is 0 Å². The molecule has 0 bridgehead atoms. The van der Waals surface area contributed by atoms with Crippen LogP contribution in [0.3, 0.4) is 0 Å². The number of pyridine rings is 1. The molecule has 1 aromatic heterocycles. The molecule has 108 valence electrons. The molecule has 0 radical (unpaired) electrons. The molecule has 0 aliphatic carbocycles. The minimum Gasteiger partial charge on any atom is -0.375 e. The van der Waals surface area contributed by atoms with Crippen LogP contribution >= 0.6 is 12.2 Å². The van der Waals surface area contributed by atoms with Crippen LogP contribution < -0.4 is 11.2 Å². The third kappa shape index (κ3) is 2.94. The number of hydrogen-bond donors (Lipinski definition) is 2. The van der Waals surface area contributed by atoms with E-state index in [1.54, 1.807) is 6.20 Å². The third-order valence-corrected chi connectivity index (χ3v) is 3.31. The second kappa shape index (κ2) is 6.32. The SMILES string of the molecule is NC(=S)N/N=C(/c1ccccc1)c1nccc2ccccc12. The molecule has 0 unspecified atom stereocenters.